The average Bonchev–Trinajstić information content (AvgIpc) is 3.10. The zero-order chi connectivity index (χ0) is 15.4. The van der Waals surface area contributed by atoms with Crippen LogP contribution in [-0.4, -0.2) is 21.8 Å². The van der Waals surface area contributed by atoms with Crippen LogP contribution in [-0.2, 0) is 17.6 Å². The maximum Gasteiger partial charge on any atom is 0.220 e. The molecule has 0 spiro atoms. The van der Waals surface area contributed by atoms with Crippen LogP contribution in [0.25, 0.3) is 5.65 Å². The molecule has 0 aromatic carbocycles. The Morgan fingerprint density at radius 2 is 2.27 bits per heavy atom. The van der Waals surface area contributed by atoms with Crippen molar-refractivity contribution in [2.45, 2.75) is 19.3 Å². The van der Waals surface area contributed by atoms with Crippen molar-refractivity contribution in [1.29, 1.82) is 0 Å². The maximum absolute atomic E-state index is 11.8. The van der Waals surface area contributed by atoms with Gasteiger partial charge in [-0.25, -0.2) is 4.98 Å². The Labute approximate surface area is 137 Å². The molecular weight excluding hydrogens is 318 g/mol. The van der Waals surface area contributed by atoms with Crippen molar-refractivity contribution >= 4 is 34.5 Å². The minimum Gasteiger partial charge on any atom is -0.356 e. The second-order valence-corrected chi connectivity index (χ2v) is 6.46. The highest BCUT2D eigenvalue weighted by atomic mass is 35.5. The van der Waals surface area contributed by atoms with Crippen LogP contribution in [0.15, 0.2) is 42.0 Å². The monoisotopic (exact) mass is 333 g/mol. The van der Waals surface area contributed by atoms with Crippen LogP contribution in [0.5, 0.6) is 0 Å². The molecule has 0 aliphatic carbocycles. The molecule has 0 saturated carbocycles. The van der Waals surface area contributed by atoms with Gasteiger partial charge >= 0.3 is 0 Å². The van der Waals surface area contributed by atoms with Crippen molar-refractivity contribution in [3.8, 4) is 0 Å². The molecule has 114 valence electrons. The van der Waals surface area contributed by atoms with Gasteiger partial charge in [-0.3, -0.25) is 4.79 Å². The summed E-state index contributed by atoms with van der Waals surface area (Å²) in [5.41, 5.74) is 1.91. The number of hydrogen-bond acceptors (Lipinski definition) is 3. The number of hydrogen-bond donors (Lipinski definition) is 1. The fraction of sp³-hybridized carbons (Fsp3) is 0.250. The average molecular weight is 334 g/mol. The lowest BCUT2D eigenvalue weighted by atomic mass is 10.2. The number of thiophene rings is 1. The van der Waals surface area contributed by atoms with Gasteiger partial charge < -0.3 is 9.72 Å². The van der Waals surface area contributed by atoms with Crippen molar-refractivity contribution in [3.63, 3.8) is 0 Å². The van der Waals surface area contributed by atoms with Gasteiger partial charge in [0.1, 0.15) is 5.65 Å². The minimum absolute atomic E-state index is 0.0632. The highest BCUT2D eigenvalue weighted by Gasteiger charge is 2.05. The first kappa shape index (κ1) is 15.1. The summed E-state index contributed by atoms with van der Waals surface area (Å²) in [5, 5.41) is 5.57. The number of nitrogens with zero attached hydrogens (tertiary/aromatic N) is 2. The van der Waals surface area contributed by atoms with Gasteiger partial charge in [0.15, 0.2) is 0 Å². The molecule has 0 fully saturated rings. The van der Waals surface area contributed by atoms with Crippen LogP contribution in [0.4, 0.5) is 0 Å². The summed E-state index contributed by atoms with van der Waals surface area (Å²) in [5.74, 6) is 0.0632. The third kappa shape index (κ3) is 3.87. The number of rotatable bonds is 6. The third-order valence-electron chi connectivity index (χ3n) is 3.34. The van der Waals surface area contributed by atoms with Gasteiger partial charge in [-0.2, -0.15) is 0 Å². The molecule has 3 heterocycles. The number of pyridine rings is 1. The predicted octanol–water partition coefficient (Wildman–Crippen LogP) is 3.34. The summed E-state index contributed by atoms with van der Waals surface area (Å²) < 4.78 is 1.98. The zero-order valence-electron chi connectivity index (χ0n) is 12.0. The Balaban J connectivity index is 1.43. The van der Waals surface area contributed by atoms with Crippen LogP contribution in [0.3, 0.4) is 0 Å². The summed E-state index contributed by atoms with van der Waals surface area (Å²) in [7, 11) is 0. The summed E-state index contributed by atoms with van der Waals surface area (Å²) >= 11 is 7.45. The van der Waals surface area contributed by atoms with Gasteiger partial charge in [-0.15, -0.1) is 11.3 Å². The molecular formula is C16H16ClN3OS. The van der Waals surface area contributed by atoms with Crippen molar-refractivity contribution in [2.24, 2.45) is 0 Å². The van der Waals surface area contributed by atoms with Gasteiger partial charge in [0.25, 0.3) is 0 Å². The molecule has 1 N–H and O–H groups in total. The first-order valence-corrected chi connectivity index (χ1v) is 8.39. The van der Waals surface area contributed by atoms with E-state index in [4.69, 9.17) is 11.6 Å². The number of imidazole rings is 1. The Bertz CT molecular complexity index is 747. The van der Waals surface area contributed by atoms with E-state index in [9.17, 15) is 4.79 Å². The van der Waals surface area contributed by atoms with E-state index in [2.05, 4.69) is 10.3 Å². The van der Waals surface area contributed by atoms with Gasteiger partial charge in [-0.1, -0.05) is 17.7 Å². The Kier molecular flexibility index (Phi) is 4.75. The lowest BCUT2D eigenvalue weighted by Gasteiger charge is -2.03. The van der Waals surface area contributed by atoms with Crippen molar-refractivity contribution < 1.29 is 4.79 Å². The highest BCUT2D eigenvalue weighted by molar-refractivity contribution is 7.10. The van der Waals surface area contributed by atoms with Crippen molar-refractivity contribution in [1.82, 2.24) is 14.7 Å². The summed E-state index contributed by atoms with van der Waals surface area (Å²) in [4.78, 5) is 17.5. The first-order chi connectivity index (χ1) is 10.7. The first-order valence-electron chi connectivity index (χ1n) is 7.13. The summed E-state index contributed by atoms with van der Waals surface area (Å²) in [6.07, 6.45) is 5.92. The van der Waals surface area contributed by atoms with Crippen LogP contribution in [0.1, 0.15) is 17.0 Å². The van der Waals surface area contributed by atoms with E-state index in [1.807, 2.05) is 46.4 Å². The molecule has 3 aromatic rings. The standard InChI is InChI=1S/C16H16ClN3OS/c17-12-9-14(22-11-12)4-5-16(21)18-7-6-13-10-20-8-2-1-3-15(20)19-13/h1-3,8-11H,4-7H2,(H,18,21). The number of fused-ring (bicyclic) bond motifs is 1. The lowest BCUT2D eigenvalue weighted by molar-refractivity contribution is -0.121. The molecule has 0 unspecified atom stereocenters. The SMILES string of the molecule is O=C(CCc1cc(Cl)cs1)NCCc1cn2ccccc2n1. The Morgan fingerprint density at radius 1 is 1.36 bits per heavy atom. The number of carbonyl (C=O) groups is 1. The molecule has 6 heteroatoms. The van der Waals surface area contributed by atoms with Gasteiger partial charge in [0.2, 0.25) is 5.91 Å². The molecule has 0 saturated heterocycles. The molecule has 4 nitrogen and oxygen atoms in total. The van der Waals surface area contributed by atoms with Gasteiger partial charge in [-0.05, 0) is 24.6 Å². The number of carbonyl (C=O) groups excluding carboxylic acids is 1. The van der Waals surface area contributed by atoms with Crippen LogP contribution in [0, 0.1) is 0 Å². The third-order valence-corrected chi connectivity index (χ3v) is 4.68. The van der Waals surface area contributed by atoms with E-state index in [1.54, 1.807) is 11.3 Å². The number of aromatic nitrogens is 2. The van der Waals surface area contributed by atoms with Crippen LogP contribution < -0.4 is 5.32 Å². The smallest absolute Gasteiger partial charge is 0.220 e. The number of nitrogens with one attached hydrogen (secondary N) is 1. The van der Waals surface area contributed by atoms with Crippen molar-refractivity contribution in [3.05, 3.63) is 57.6 Å². The Hall–Kier alpha value is -1.85. The number of halogens is 1. The predicted molar refractivity (Wildman–Crippen MR) is 89.6 cm³/mol. The molecule has 0 atom stereocenters. The van der Waals surface area contributed by atoms with Gasteiger partial charge in [0, 0.05) is 42.0 Å². The van der Waals surface area contributed by atoms with Gasteiger partial charge in [0.05, 0.1) is 10.7 Å². The minimum atomic E-state index is 0.0632. The van der Waals surface area contributed by atoms with E-state index in [1.165, 1.54) is 0 Å². The maximum atomic E-state index is 11.8. The molecule has 0 aliphatic heterocycles. The van der Waals surface area contributed by atoms with E-state index in [0.717, 1.165) is 34.1 Å². The summed E-state index contributed by atoms with van der Waals surface area (Å²) in [6.45, 7) is 0.605. The summed E-state index contributed by atoms with van der Waals surface area (Å²) in [6, 6.07) is 7.81. The molecule has 3 aromatic heterocycles. The van der Waals surface area contributed by atoms with E-state index < -0.39 is 0 Å². The highest BCUT2D eigenvalue weighted by Crippen LogP contribution is 2.20. The van der Waals surface area contributed by atoms with Crippen LogP contribution >= 0.6 is 22.9 Å². The Morgan fingerprint density at radius 3 is 3.05 bits per heavy atom. The zero-order valence-corrected chi connectivity index (χ0v) is 13.5. The van der Waals surface area contributed by atoms with E-state index in [-0.39, 0.29) is 5.91 Å². The normalized spacial score (nSPS) is 11.0. The molecule has 3 rings (SSSR count). The van der Waals surface area contributed by atoms with E-state index in [0.29, 0.717) is 13.0 Å². The fourth-order valence-electron chi connectivity index (χ4n) is 2.25. The molecule has 1 amide bonds. The second kappa shape index (κ2) is 6.94. The molecule has 0 aliphatic rings. The molecule has 0 bridgehead atoms. The lowest BCUT2D eigenvalue weighted by Crippen LogP contribution is -2.25. The van der Waals surface area contributed by atoms with Crippen LogP contribution in [0.2, 0.25) is 5.02 Å². The number of aryl methyl sites for hydroxylation is 1. The molecule has 22 heavy (non-hydrogen) atoms. The number of amides is 1. The topological polar surface area (TPSA) is 46.4 Å². The quantitative estimate of drug-likeness (QED) is 0.752. The van der Waals surface area contributed by atoms with Crippen molar-refractivity contribution in [2.75, 3.05) is 6.54 Å². The van der Waals surface area contributed by atoms with E-state index >= 15 is 0 Å². The fourth-order valence-corrected chi connectivity index (χ4v) is 3.32. The second-order valence-electron chi connectivity index (χ2n) is 5.03. The molecule has 0 radical (unpaired) electrons. The largest absolute Gasteiger partial charge is 0.356 e.